The van der Waals surface area contributed by atoms with Crippen molar-refractivity contribution in [2.75, 3.05) is 6.26 Å². The molecule has 0 nitrogen and oxygen atoms in total. The van der Waals surface area contributed by atoms with E-state index in [4.69, 9.17) is 0 Å². The van der Waals surface area contributed by atoms with Crippen LogP contribution in [-0.4, -0.2) is 6.26 Å². The minimum Gasteiger partial charge on any atom is -0.129 e. The second kappa shape index (κ2) is 8.46. The van der Waals surface area contributed by atoms with Gasteiger partial charge < -0.3 is 0 Å². The summed E-state index contributed by atoms with van der Waals surface area (Å²) in [4.78, 5) is 1.28. The van der Waals surface area contributed by atoms with Gasteiger partial charge in [-0.25, -0.2) is 0 Å². The van der Waals surface area contributed by atoms with Crippen molar-refractivity contribution in [3.8, 4) is 0 Å². The largest absolute Gasteiger partial charge is 0.129 e. The van der Waals surface area contributed by atoms with Crippen molar-refractivity contribution in [3.05, 3.63) is 46.9 Å². The highest BCUT2D eigenvalue weighted by Crippen LogP contribution is 2.23. The Kier molecular flexibility index (Phi) is 8.10. The van der Waals surface area contributed by atoms with Crippen molar-refractivity contribution in [2.24, 2.45) is 5.92 Å². The van der Waals surface area contributed by atoms with E-state index >= 15 is 0 Å². The number of hydrogen-bond acceptors (Lipinski definition) is 1. The molecule has 16 heavy (non-hydrogen) atoms. The smallest absolute Gasteiger partial charge is 0.00987 e. The Bertz CT molecular complexity index is 305. The summed E-state index contributed by atoms with van der Waals surface area (Å²) in [5, 5.41) is 0. The highest BCUT2D eigenvalue weighted by atomic mass is 32.2. The molecule has 0 aliphatic rings. The lowest BCUT2D eigenvalue weighted by atomic mass is 9.99. The molecule has 1 unspecified atom stereocenters. The quantitative estimate of drug-likeness (QED) is 0.560. The van der Waals surface area contributed by atoms with Crippen molar-refractivity contribution in [1.82, 2.24) is 0 Å². The molecule has 0 amide bonds. The summed E-state index contributed by atoms with van der Waals surface area (Å²) in [5.74, 6) is 0.658. The van der Waals surface area contributed by atoms with Gasteiger partial charge in [-0.2, -0.15) is 0 Å². The zero-order chi connectivity index (χ0) is 12.6. The second-order valence-corrected chi connectivity index (χ2v) is 4.75. The van der Waals surface area contributed by atoms with Gasteiger partial charge in [0.05, 0.1) is 0 Å². The molecule has 0 heterocycles. The Hall–Kier alpha value is -0.690. The molecule has 0 bridgehead atoms. The van der Waals surface area contributed by atoms with Gasteiger partial charge in [-0.3, -0.25) is 0 Å². The standard InChI is InChI=1S/C15H24S/c1-7-12(4)13(5)10-11-14(8-2)15(9-3)16-6/h8-12H,2,7H2,1,3-6H3/b13-10+,14-11+,15-9+. The van der Waals surface area contributed by atoms with Crippen LogP contribution in [0.5, 0.6) is 0 Å². The van der Waals surface area contributed by atoms with Crippen LogP contribution < -0.4 is 0 Å². The first kappa shape index (κ1) is 15.3. The highest BCUT2D eigenvalue weighted by molar-refractivity contribution is 8.02. The molecule has 0 fully saturated rings. The first-order valence-corrected chi connectivity index (χ1v) is 7.04. The lowest BCUT2D eigenvalue weighted by molar-refractivity contribution is 0.655. The van der Waals surface area contributed by atoms with Crippen LogP contribution in [0.25, 0.3) is 0 Å². The molecule has 0 saturated heterocycles. The van der Waals surface area contributed by atoms with Crippen LogP contribution in [-0.2, 0) is 0 Å². The fourth-order valence-electron chi connectivity index (χ4n) is 1.36. The second-order valence-electron chi connectivity index (χ2n) is 3.90. The third-order valence-electron chi connectivity index (χ3n) is 2.90. The molecule has 0 spiro atoms. The minimum absolute atomic E-state index is 0.658. The molecule has 0 rings (SSSR count). The average molecular weight is 236 g/mol. The van der Waals surface area contributed by atoms with Crippen molar-refractivity contribution >= 4 is 11.8 Å². The lowest BCUT2D eigenvalue weighted by Crippen LogP contribution is -1.92. The molecule has 0 N–H and O–H groups in total. The van der Waals surface area contributed by atoms with E-state index in [0.29, 0.717) is 5.92 Å². The van der Waals surface area contributed by atoms with Gasteiger partial charge in [0, 0.05) is 4.91 Å². The van der Waals surface area contributed by atoms with Gasteiger partial charge >= 0.3 is 0 Å². The predicted octanol–water partition coefficient (Wildman–Crippen LogP) is 5.36. The Morgan fingerprint density at radius 1 is 1.38 bits per heavy atom. The molecular weight excluding hydrogens is 212 g/mol. The topological polar surface area (TPSA) is 0 Å². The number of allylic oxidation sites excluding steroid dienone is 6. The summed E-state index contributed by atoms with van der Waals surface area (Å²) in [6.45, 7) is 12.6. The average Bonchev–Trinajstić information content (AvgIpc) is 2.32. The molecule has 0 aromatic heterocycles. The Morgan fingerprint density at radius 2 is 2.00 bits per heavy atom. The number of rotatable bonds is 6. The monoisotopic (exact) mass is 236 g/mol. The first-order valence-electron chi connectivity index (χ1n) is 5.82. The molecule has 0 aromatic carbocycles. The van der Waals surface area contributed by atoms with Gasteiger partial charge in [0.1, 0.15) is 0 Å². The Morgan fingerprint density at radius 3 is 2.38 bits per heavy atom. The predicted molar refractivity (Wildman–Crippen MR) is 78.8 cm³/mol. The molecule has 90 valence electrons. The Balaban J connectivity index is 4.92. The normalized spacial score (nSPS) is 16.2. The van der Waals surface area contributed by atoms with Gasteiger partial charge in [-0.15, -0.1) is 11.8 Å². The van der Waals surface area contributed by atoms with Crippen molar-refractivity contribution in [2.45, 2.75) is 34.1 Å². The molecule has 0 aliphatic carbocycles. The molecule has 0 saturated carbocycles. The fraction of sp³-hybridized carbons (Fsp3) is 0.467. The summed E-state index contributed by atoms with van der Waals surface area (Å²) in [6, 6.07) is 0. The zero-order valence-electron chi connectivity index (χ0n) is 11.2. The van der Waals surface area contributed by atoms with Gasteiger partial charge in [-0.1, -0.05) is 50.3 Å². The molecule has 1 heteroatoms. The summed E-state index contributed by atoms with van der Waals surface area (Å²) in [7, 11) is 0. The first-order chi connectivity index (χ1) is 7.60. The lowest BCUT2D eigenvalue weighted by Gasteiger charge is -2.08. The maximum Gasteiger partial charge on any atom is 0.00987 e. The van der Waals surface area contributed by atoms with E-state index < -0.39 is 0 Å². The zero-order valence-corrected chi connectivity index (χ0v) is 12.0. The Labute approximate surface area is 105 Å². The summed E-state index contributed by atoms with van der Waals surface area (Å²) >= 11 is 1.76. The molecule has 0 aromatic rings. The van der Waals surface area contributed by atoms with Gasteiger partial charge in [0.2, 0.25) is 0 Å². The van der Waals surface area contributed by atoms with E-state index in [-0.39, 0.29) is 0 Å². The van der Waals surface area contributed by atoms with Crippen LogP contribution in [0.3, 0.4) is 0 Å². The van der Waals surface area contributed by atoms with Gasteiger partial charge in [-0.05, 0) is 38.0 Å². The summed E-state index contributed by atoms with van der Waals surface area (Å²) in [6.07, 6.45) is 11.7. The molecular formula is C15H24S. The third kappa shape index (κ3) is 4.89. The van der Waals surface area contributed by atoms with E-state index in [1.165, 1.54) is 22.5 Å². The summed E-state index contributed by atoms with van der Waals surface area (Å²) in [5.41, 5.74) is 2.64. The molecule has 0 aliphatic heterocycles. The maximum absolute atomic E-state index is 3.87. The van der Waals surface area contributed by atoms with E-state index in [1.807, 2.05) is 6.08 Å². The number of hydrogen-bond donors (Lipinski definition) is 0. The van der Waals surface area contributed by atoms with Crippen LogP contribution in [0.15, 0.2) is 46.9 Å². The van der Waals surface area contributed by atoms with E-state index in [2.05, 4.69) is 58.8 Å². The minimum atomic E-state index is 0.658. The SMILES string of the molecule is C=CC(=C\C=C(/C)C(C)CC)/C(=C\C)SC. The molecule has 0 radical (unpaired) electrons. The van der Waals surface area contributed by atoms with E-state index in [9.17, 15) is 0 Å². The van der Waals surface area contributed by atoms with E-state index in [0.717, 1.165) is 0 Å². The van der Waals surface area contributed by atoms with Crippen LogP contribution in [0.2, 0.25) is 0 Å². The van der Waals surface area contributed by atoms with E-state index in [1.54, 1.807) is 11.8 Å². The fourth-order valence-corrected chi connectivity index (χ4v) is 1.98. The molecule has 1 atom stereocenters. The summed E-state index contributed by atoms with van der Waals surface area (Å²) < 4.78 is 0. The third-order valence-corrected chi connectivity index (χ3v) is 3.81. The number of thioether (sulfide) groups is 1. The highest BCUT2D eigenvalue weighted by Gasteiger charge is 2.00. The van der Waals surface area contributed by atoms with Crippen LogP contribution in [0.1, 0.15) is 34.1 Å². The van der Waals surface area contributed by atoms with Gasteiger partial charge in [0.15, 0.2) is 0 Å². The van der Waals surface area contributed by atoms with Gasteiger partial charge in [0.25, 0.3) is 0 Å². The van der Waals surface area contributed by atoms with Crippen LogP contribution in [0, 0.1) is 5.92 Å². The van der Waals surface area contributed by atoms with Crippen molar-refractivity contribution in [3.63, 3.8) is 0 Å². The van der Waals surface area contributed by atoms with Crippen molar-refractivity contribution < 1.29 is 0 Å². The van der Waals surface area contributed by atoms with Crippen molar-refractivity contribution in [1.29, 1.82) is 0 Å². The maximum atomic E-state index is 3.87. The van der Waals surface area contributed by atoms with Crippen LogP contribution in [0.4, 0.5) is 0 Å². The van der Waals surface area contributed by atoms with Crippen LogP contribution >= 0.6 is 11.8 Å².